The smallest absolute Gasteiger partial charge is 0.312 e. The van der Waals surface area contributed by atoms with Crippen molar-refractivity contribution in [2.45, 2.75) is 27.7 Å². The van der Waals surface area contributed by atoms with Gasteiger partial charge in [0.2, 0.25) is 0 Å². The van der Waals surface area contributed by atoms with E-state index in [1.807, 2.05) is 48.5 Å². The second kappa shape index (κ2) is 10.8. The van der Waals surface area contributed by atoms with E-state index in [4.69, 9.17) is 18.9 Å². The number of rotatable bonds is 10. The van der Waals surface area contributed by atoms with E-state index in [0.29, 0.717) is 24.7 Å². The molecule has 0 spiro atoms. The van der Waals surface area contributed by atoms with Crippen molar-refractivity contribution in [1.29, 1.82) is 0 Å². The van der Waals surface area contributed by atoms with Crippen molar-refractivity contribution in [2.75, 3.05) is 26.4 Å². The van der Waals surface area contributed by atoms with Crippen LogP contribution in [0.3, 0.4) is 0 Å². The number of hydrogen-bond donors (Lipinski definition) is 0. The molecule has 170 valence electrons. The Kier molecular flexibility index (Phi) is 7.92. The number of carbonyl (C=O) groups excluding carboxylic acids is 2. The van der Waals surface area contributed by atoms with Crippen molar-refractivity contribution in [2.24, 2.45) is 11.8 Å². The summed E-state index contributed by atoms with van der Waals surface area (Å²) in [5.74, 6) is 0.0296. The Morgan fingerprint density at radius 2 is 0.969 bits per heavy atom. The standard InChI is InChI=1S/C26H30O6/c1-5-29-25(27)17(3)15-31-23-19-11-7-9-13-21(19)24(22-14-10-8-12-20(22)23)32-16-18(4)26(28)30-6-2/h7-14,17-18H,5-6,15-16H2,1-4H3. The molecule has 0 heterocycles. The lowest BCUT2D eigenvalue weighted by Gasteiger charge is -2.20. The molecule has 0 N–H and O–H groups in total. The molecule has 0 amide bonds. The van der Waals surface area contributed by atoms with Crippen LogP contribution in [0.4, 0.5) is 0 Å². The molecule has 0 saturated heterocycles. The van der Waals surface area contributed by atoms with Crippen LogP contribution in [0.2, 0.25) is 0 Å². The molecule has 0 aliphatic rings. The highest BCUT2D eigenvalue weighted by molar-refractivity contribution is 6.11. The number of ether oxygens (including phenoxy) is 4. The van der Waals surface area contributed by atoms with Gasteiger partial charge in [-0.3, -0.25) is 9.59 Å². The van der Waals surface area contributed by atoms with Gasteiger partial charge >= 0.3 is 11.9 Å². The summed E-state index contributed by atoms with van der Waals surface area (Å²) < 4.78 is 22.6. The molecule has 0 aliphatic carbocycles. The van der Waals surface area contributed by atoms with E-state index in [-0.39, 0.29) is 25.2 Å². The van der Waals surface area contributed by atoms with Gasteiger partial charge in [0.1, 0.15) is 24.7 Å². The summed E-state index contributed by atoms with van der Waals surface area (Å²) in [5, 5.41) is 3.50. The fourth-order valence-electron chi connectivity index (χ4n) is 3.48. The van der Waals surface area contributed by atoms with Gasteiger partial charge in [0.15, 0.2) is 0 Å². The first-order valence-electron chi connectivity index (χ1n) is 11.0. The SMILES string of the molecule is CCOC(=O)C(C)COc1c2ccccc2c(OCC(C)C(=O)OCC)c2ccccc12. The second-order valence-electron chi connectivity index (χ2n) is 7.68. The van der Waals surface area contributed by atoms with E-state index < -0.39 is 11.8 Å². The lowest BCUT2D eigenvalue weighted by molar-refractivity contribution is -0.149. The normalized spacial score (nSPS) is 12.9. The highest BCUT2D eigenvalue weighted by Crippen LogP contribution is 2.42. The summed E-state index contributed by atoms with van der Waals surface area (Å²) >= 11 is 0. The third-order valence-electron chi connectivity index (χ3n) is 5.17. The van der Waals surface area contributed by atoms with E-state index in [1.165, 1.54) is 0 Å². The zero-order valence-corrected chi connectivity index (χ0v) is 19.1. The summed E-state index contributed by atoms with van der Waals surface area (Å²) in [7, 11) is 0. The Labute approximate surface area is 188 Å². The van der Waals surface area contributed by atoms with Crippen molar-refractivity contribution in [3.63, 3.8) is 0 Å². The zero-order chi connectivity index (χ0) is 23.1. The molecule has 32 heavy (non-hydrogen) atoms. The molecule has 2 unspecified atom stereocenters. The number of carbonyl (C=O) groups is 2. The van der Waals surface area contributed by atoms with Gasteiger partial charge in [-0.15, -0.1) is 0 Å². The first kappa shape index (κ1) is 23.4. The molecule has 3 aromatic rings. The maximum Gasteiger partial charge on any atom is 0.312 e. The van der Waals surface area contributed by atoms with Gasteiger partial charge in [0.25, 0.3) is 0 Å². The third kappa shape index (κ3) is 5.13. The maximum absolute atomic E-state index is 12.0. The van der Waals surface area contributed by atoms with Crippen LogP contribution in [-0.4, -0.2) is 38.4 Å². The van der Waals surface area contributed by atoms with E-state index in [0.717, 1.165) is 21.5 Å². The molecule has 0 fully saturated rings. The average Bonchev–Trinajstić information content (AvgIpc) is 2.81. The number of benzene rings is 3. The van der Waals surface area contributed by atoms with Gasteiger partial charge in [-0.25, -0.2) is 0 Å². The fraction of sp³-hybridized carbons (Fsp3) is 0.385. The molecule has 0 aromatic heterocycles. The van der Waals surface area contributed by atoms with Crippen molar-refractivity contribution in [3.05, 3.63) is 48.5 Å². The number of fused-ring (bicyclic) bond motifs is 2. The first-order chi connectivity index (χ1) is 15.5. The van der Waals surface area contributed by atoms with E-state index in [2.05, 4.69) is 0 Å². The first-order valence-corrected chi connectivity index (χ1v) is 11.0. The lowest BCUT2D eigenvalue weighted by atomic mass is 10.0. The fourth-order valence-corrected chi connectivity index (χ4v) is 3.48. The van der Waals surface area contributed by atoms with E-state index in [9.17, 15) is 9.59 Å². The molecule has 3 aromatic carbocycles. The topological polar surface area (TPSA) is 71.1 Å². The molecular weight excluding hydrogens is 408 g/mol. The molecule has 0 radical (unpaired) electrons. The molecule has 3 rings (SSSR count). The van der Waals surface area contributed by atoms with Crippen LogP contribution in [0.15, 0.2) is 48.5 Å². The quantitative estimate of drug-likeness (QED) is 0.322. The Morgan fingerprint density at radius 1 is 0.656 bits per heavy atom. The van der Waals surface area contributed by atoms with Crippen molar-refractivity contribution in [3.8, 4) is 11.5 Å². The molecule has 0 aliphatic heterocycles. The van der Waals surface area contributed by atoms with Gasteiger partial charge in [0, 0.05) is 21.5 Å². The van der Waals surface area contributed by atoms with Crippen molar-refractivity contribution in [1.82, 2.24) is 0 Å². The van der Waals surface area contributed by atoms with Crippen LogP contribution in [0.25, 0.3) is 21.5 Å². The van der Waals surface area contributed by atoms with Crippen LogP contribution in [0, 0.1) is 11.8 Å². The highest BCUT2D eigenvalue weighted by Gasteiger charge is 2.21. The minimum Gasteiger partial charge on any atom is -0.491 e. The molecular formula is C26H30O6. The molecule has 6 nitrogen and oxygen atoms in total. The van der Waals surface area contributed by atoms with Crippen molar-refractivity contribution >= 4 is 33.5 Å². The van der Waals surface area contributed by atoms with E-state index >= 15 is 0 Å². The van der Waals surface area contributed by atoms with Crippen LogP contribution in [0.5, 0.6) is 11.5 Å². The zero-order valence-electron chi connectivity index (χ0n) is 19.1. The van der Waals surface area contributed by atoms with Crippen LogP contribution in [0.1, 0.15) is 27.7 Å². The monoisotopic (exact) mass is 438 g/mol. The Morgan fingerprint density at radius 3 is 1.25 bits per heavy atom. The number of hydrogen-bond acceptors (Lipinski definition) is 6. The van der Waals surface area contributed by atoms with Crippen LogP contribution >= 0.6 is 0 Å². The highest BCUT2D eigenvalue weighted by atomic mass is 16.5. The maximum atomic E-state index is 12.0. The van der Waals surface area contributed by atoms with Gasteiger partial charge in [-0.05, 0) is 27.7 Å². The van der Waals surface area contributed by atoms with Crippen LogP contribution in [-0.2, 0) is 19.1 Å². The van der Waals surface area contributed by atoms with Gasteiger partial charge < -0.3 is 18.9 Å². The summed E-state index contributed by atoms with van der Waals surface area (Å²) in [6.07, 6.45) is 0. The predicted molar refractivity (Wildman–Crippen MR) is 124 cm³/mol. The predicted octanol–water partition coefficient (Wildman–Crippen LogP) is 5.15. The third-order valence-corrected chi connectivity index (χ3v) is 5.17. The number of esters is 2. The average molecular weight is 439 g/mol. The van der Waals surface area contributed by atoms with Crippen LogP contribution < -0.4 is 9.47 Å². The summed E-state index contributed by atoms with van der Waals surface area (Å²) in [6, 6.07) is 15.6. The van der Waals surface area contributed by atoms with Gasteiger partial charge in [-0.2, -0.15) is 0 Å². The minimum absolute atomic E-state index is 0.201. The summed E-state index contributed by atoms with van der Waals surface area (Å²) in [6.45, 7) is 8.23. The van der Waals surface area contributed by atoms with E-state index in [1.54, 1.807) is 27.7 Å². The Balaban J connectivity index is 1.99. The molecule has 2 atom stereocenters. The molecule has 0 saturated carbocycles. The second-order valence-corrected chi connectivity index (χ2v) is 7.68. The van der Waals surface area contributed by atoms with Gasteiger partial charge in [-0.1, -0.05) is 48.5 Å². The van der Waals surface area contributed by atoms with Gasteiger partial charge in [0.05, 0.1) is 25.0 Å². The minimum atomic E-state index is -0.395. The summed E-state index contributed by atoms with van der Waals surface area (Å²) in [5.41, 5.74) is 0. The summed E-state index contributed by atoms with van der Waals surface area (Å²) in [4.78, 5) is 24.1. The largest absolute Gasteiger partial charge is 0.491 e. The Hall–Kier alpha value is -3.28. The van der Waals surface area contributed by atoms with Crippen molar-refractivity contribution < 1.29 is 28.5 Å². The molecule has 6 heteroatoms. The molecule has 0 bridgehead atoms. The Bertz CT molecular complexity index is 947. The lowest BCUT2D eigenvalue weighted by Crippen LogP contribution is -2.22.